The Kier molecular flexibility index (Phi) is 6.75. The average molecular weight is 491 g/mol. The van der Waals surface area contributed by atoms with Gasteiger partial charge in [-0.1, -0.05) is 23.7 Å². The Labute approximate surface area is 200 Å². The number of hydrogen-bond acceptors (Lipinski definition) is 7. The number of halogens is 1. The van der Waals surface area contributed by atoms with E-state index in [1.54, 1.807) is 58.9 Å². The number of imidazole rings is 1. The largest absolute Gasteiger partial charge is 0.469 e. The zero-order valence-electron chi connectivity index (χ0n) is 19.9. The summed E-state index contributed by atoms with van der Waals surface area (Å²) in [5.74, 6) is -1.13. The first-order chi connectivity index (χ1) is 15.8. The number of benzene rings is 1. The standard InChI is InChI=1S/C23H27ClN4O6/c1-22(2,3)19(30)34-13-28-17-16(27(12-25-17)15-10-8-7-9-14(15)24)18(29)26(21(28)32)11-23(4,5)20(31)33-6/h7-10,12H,11,13H2,1-6H3. The summed E-state index contributed by atoms with van der Waals surface area (Å²) in [6.45, 7) is 7.42. The molecule has 182 valence electrons. The van der Waals surface area contributed by atoms with Crippen molar-refractivity contribution in [2.45, 2.75) is 47.9 Å². The molecule has 0 amide bonds. The number of esters is 2. The van der Waals surface area contributed by atoms with Crippen LogP contribution in [0.15, 0.2) is 40.2 Å². The van der Waals surface area contributed by atoms with Crippen LogP contribution in [0.5, 0.6) is 0 Å². The molecule has 34 heavy (non-hydrogen) atoms. The molecule has 0 saturated heterocycles. The average Bonchev–Trinajstić information content (AvgIpc) is 3.20. The number of nitrogens with zero attached hydrogens (tertiary/aromatic N) is 4. The molecule has 0 spiro atoms. The maximum absolute atomic E-state index is 13.5. The molecule has 2 aromatic heterocycles. The number of aromatic nitrogens is 4. The third-order valence-corrected chi connectivity index (χ3v) is 5.57. The highest BCUT2D eigenvalue weighted by atomic mass is 35.5. The van der Waals surface area contributed by atoms with E-state index < -0.39 is 40.7 Å². The van der Waals surface area contributed by atoms with Crippen molar-refractivity contribution < 1.29 is 19.1 Å². The first-order valence-electron chi connectivity index (χ1n) is 10.5. The maximum atomic E-state index is 13.5. The van der Waals surface area contributed by atoms with Crippen LogP contribution in [0, 0.1) is 10.8 Å². The summed E-state index contributed by atoms with van der Waals surface area (Å²) >= 11 is 6.34. The van der Waals surface area contributed by atoms with Gasteiger partial charge in [-0.3, -0.25) is 23.5 Å². The van der Waals surface area contributed by atoms with E-state index in [4.69, 9.17) is 21.1 Å². The lowest BCUT2D eigenvalue weighted by molar-refractivity contribution is -0.157. The first-order valence-corrected chi connectivity index (χ1v) is 10.9. The lowest BCUT2D eigenvalue weighted by Gasteiger charge is -2.23. The summed E-state index contributed by atoms with van der Waals surface area (Å²) < 4.78 is 13.6. The molecule has 0 aliphatic heterocycles. The molecule has 0 atom stereocenters. The van der Waals surface area contributed by atoms with Gasteiger partial charge in [0.2, 0.25) is 0 Å². The molecular formula is C23H27ClN4O6. The van der Waals surface area contributed by atoms with Crippen LogP contribution in [0.2, 0.25) is 5.02 Å². The van der Waals surface area contributed by atoms with Crippen molar-refractivity contribution in [1.29, 1.82) is 0 Å². The summed E-state index contributed by atoms with van der Waals surface area (Å²) in [6.07, 6.45) is 1.37. The summed E-state index contributed by atoms with van der Waals surface area (Å²) in [5.41, 5.74) is -2.92. The van der Waals surface area contributed by atoms with Gasteiger partial charge in [0.15, 0.2) is 17.9 Å². The number of rotatable bonds is 6. The van der Waals surface area contributed by atoms with Gasteiger partial charge in [-0.15, -0.1) is 0 Å². The first kappa shape index (κ1) is 25.2. The predicted octanol–water partition coefficient (Wildman–Crippen LogP) is 2.75. The second-order valence-corrected chi connectivity index (χ2v) is 9.93. The zero-order valence-corrected chi connectivity index (χ0v) is 20.7. The predicted molar refractivity (Wildman–Crippen MR) is 126 cm³/mol. The highest BCUT2D eigenvalue weighted by Gasteiger charge is 2.32. The highest BCUT2D eigenvalue weighted by molar-refractivity contribution is 6.32. The lowest BCUT2D eigenvalue weighted by Crippen LogP contribution is -2.46. The van der Waals surface area contributed by atoms with Gasteiger partial charge in [-0.25, -0.2) is 14.3 Å². The van der Waals surface area contributed by atoms with Crippen molar-refractivity contribution in [3.05, 3.63) is 56.5 Å². The van der Waals surface area contributed by atoms with Gasteiger partial charge in [0, 0.05) is 6.54 Å². The van der Waals surface area contributed by atoms with Crippen molar-refractivity contribution in [2.24, 2.45) is 10.8 Å². The van der Waals surface area contributed by atoms with Gasteiger partial charge >= 0.3 is 17.6 Å². The molecule has 0 aliphatic carbocycles. The quantitative estimate of drug-likeness (QED) is 0.488. The molecule has 3 aromatic rings. The third-order valence-electron chi connectivity index (χ3n) is 5.25. The Morgan fingerprint density at radius 2 is 1.68 bits per heavy atom. The summed E-state index contributed by atoms with van der Waals surface area (Å²) in [7, 11) is 1.23. The van der Waals surface area contributed by atoms with Gasteiger partial charge in [0.25, 0.3) is 5.56 Å². The molecule has 11 heteroatoms. The number of ether oxygens (including phenoxy) is 2. The molecule has 3 rings (SSSR count). The monoisotopic (exact) mass is 490 g/mol. The molecule has 0 saturated carbocycles. The topological polar surface area (TPSA) is 114 Å². The molecular weight excluding hydrogens is 464 g/mol. The van der Waals surface area contributed by atoms with E-state index in [0.29, 0.717) is 10.7 Å². The molecule has 0 bridgehead atoms. The van der Waals surface area contributed by atoms with E-state index >= 15 is 0 Å². The number of methoxy groups -OCH3 is 1. The Balaban J connectivity index is 2.28. The fraction of sp³-hybridized carbons (Fsp3) is 0.435. The van der Waals surface area contributed by atoms with Crippen molar-refractivity contribution in [2.75, 3.05) is 7.11 Å². The van der Waals surface area contributed by atoms with E-state index in [-0.39, 0.29) is 17.7 Å². The summed E-state index contributed by atoms with van der Waals surface area (Å²) in [6, 6.07) is 6.83. The Morgan fingerprint density at radius 1 is 1.03 bits per heavy atom. The van der Waals surface area contributed by atoms with E-state index in [0.717, 1.165) is 9.13 Å². The minimum atomic E-state index is -1.19. The lowest BCUT2D eigenvalue weighted by atomic mass is 9.93. The van der Waals surface area contributed by atoms with E-state index in [1.807, 2.05) is 0 Å². The van der Waals surface area contributed by atoms with Crippen LogP contribution in [-0.2, 0) is 32.3 Å². The van der Waals surface area contributed by atoms with Crippen LogP contribution in [0.4, 0.5) is 0 Å². The van der Waals surface area contributed by atoms with E-state index in [1.165, 1.54) is 18.0 Å². The van der Waals surface area contributed by atoms with Gasteiger partial charge in [0.1, 0.15) is 6.33 Å². The van der Waals surface area contributed by atoms with Crippen LogP contribution in [0.25, 0.3) is 16.9 Å². The van der Waals surface area contributed by atoms with Crippen molar-refractivity contribution in [1.82, 2.24) is 18.7 Å². The van der Waals surface area contributed by atoms with Gasteiger partial charge in [-0.2, -0.15) is 0 Å². The minimum absolute atomic E-state index is 0.0174. The van der Waals surface area contributed by atoms with Crippen LogP contribution in [0.3, 0.4) is 0 Å². The van der Waals surface area contributed by atoms with Crippen LogP contribution in [0.1, 0.15) is 34.6 Å². The number of carbonyl (C=O) groups is 2. The molecule has 0 radical (unpaired) electrons. The summed E-state index contributed by atoms with van der Waals surface area (Å²) in [5, 5.41) is 0.361. The van der Waals surface area contributed by atoms with Gasteiger partial charge < -0.3 is 9.47 Å². The second-order valence-electron chi connectivity index (χ2n) is 9.53. The van der Waals surface area contributed by atoms with Gasteiger partial charge in [-0.05, 0) is 46.8 Å². The number of carbonyl (C=O) groups excluding carboxylic acids is 2. The number of para-hydroxylation sites is 1. The molecule has 0 unspecified atom stereocenters. The van der Waals surface area contributed by atoms with E-state index in [9.17, 15) is 19.2 Å². The summed E-state index contributed by atoms with van der Waals surface area (Å²) in [4.78, 5) is 55.8. The normalized spacial score (nSPS) is 12.1. The van der Waals surface area contributed by atoms with E-state index in [2.05, 4.69) is 4.98 Å². The maximum Gasteiger partial charge on any atom is 0.335 e. The van der Waals surface area contributed by atoms with Crippen molar-refractivity contribution >= 4 is 34.7 Å². The Bertz CT molecular complexity index is 1380. The highest BCUT2D eigenvalue weighted by Crippen LogP contribution is 2.24. The smallest absolute Gasteiger partial charge is 0.335 e. The molecule has 10 nitrogen and oxygen atoms in total. The molecule has 2 heterocycles. The zero-order chi connectivity index (χ0) is 25.4. The third kappa shape index (κ3) is 4.63. The molecule has 0 fully saturated rings. The Hall–Kier alpha value is -3.40. The second kappa shape index (κ2) is 9.09. The number of fused-ring (bicyclic) bond motifs is 1. The van der Waals surface area contributed by atoms with Crippen LogP contribution >= 0.6 is 11.6 Å². The molecule has 1 aromatic carbocycles. The molecule has 0 aliphatic rings. The fourth-order valence-corrected chi connectivity index (χ4v) is 3.57. The number of hydrogen-bond donors (Lipinski definition) is 0. The van der Waals surface area contributed by atoms with Crippen molar-refractivity contribution in [3.8, 4) is 5.69 Å². The van der Waals surface area contributed by atoms with Crippen molar-refractivity contribution in [3.63, 3.8) is 0 Å². The fourth-order valence-electron chi connectivity index (χ4n) is 3.35. The minimum Gasteiger partial charge on any atom is -0.469 e. The van der Waals surface area contributed by atoms with Crippen LogP contribution in [-0.4, -0.2) is 37.7 Å². The molecule has 0 N–H and O–H groups in total. The van der Waals surface area contributed by atoms with Crippen LogP contribution < -0.4 is 11.2 Å². The SMILES string of the molecule is COC(=O)C(C)(C)Cn1c(=O)c2c(ncn2-c2ccccc2Cl)n(COC(=O)C(C)(C)C)c1=O. The Morgan fingerprint density at radius 3 is 2.26 bits per heavy atom. The van der Waals surface area contributed by atoms with Gasteiger partial charge in [0.05, 0.1) is 28.6 Å².